The molecule has 1 unspecified atom stereocenters. The Kier molecular flexibility index (Phi) is 3.32. The van der Waals surface area contributed by atoms with E-state index in [9.17, 15) is 5.11 Å². The average Bonchev–Trinajstić information content (AvgIpc) is 2.83. The molecule has 9 nitrogen and oxygen atoms in total. The van der Waals surface area contributed by atoms with Gasteiger partial charge in [0.2, 0.25) is 5.95 Å². The number of nitrogen functional groups attached to an aromatic ring is 1. The van der Waals surface area contributed by atoms with Gasteiger partial charge in [0.05, 0.1) is 24.3 Å². The van der Waals surface area contributed by atoms with E-state index < -0.39 is 6.10 Å². The lowest BCUT2D eigenvalue weighted by molar-refractivity contribution is 0.105. The molecular weight excluding hydrogens is 226 g/mol. The van der Waals surface area contributed by atoms with Crippen molar-refractivity contribution in [2.75, 3.05) is 23.9 Å². The number of fused-ring (bicyclic) bond motifs is 1. The highest BCUT2D eigenvalue weighted by Gasteiger charge is 2.10. The van der Waals surface area contributed by atoms with Gasteiger partial charge in [-0.15, -0.1) is 0 Å². The maximum atomic E-state index is 9.25. The van der Waals surface area contributed by atoms with Gasteiger partial charge in [-0.2, -0.15) is 15.1 Å². The Morgan fingerprint density at radius 2 is 2.29 bits per heavy atom. The van der Waals surface area contributed by atoms with Crippen molar-refractivity contribution in [3.63, 3.8) is 0 Å². The number of aromatic nitrogens is 4. The van der Waals surface area contributed by atoms with Crippen molar-refractivity contribution in [1.82, 2.24) is 20.2 Å². The molecular formula is C8H13N7O2. The zero-order valence-corrected chi connectivity index (χ0v) is 8.88. The highest BCUT2D eigenvalue weighted by atomic mass is 16.3. The first-order chi connectivity index (χ1) is 8.24. The highest BCUT2D eigenvalue weighted by molar-refractivity contribution is 5.86. The van der Waals surface area contributed by atoms with Crippen molar-refractivity contribution in [3.05, 3.63) is 6.20 Å². The number of aliphatic hydroxyl groups excluding tert-OH is 2. The number of H-pyrrole nitrogens is 1. The normalized spacial score (nSPS) is 12.6. The van der Waals surface area contributed by atoms with Gasteiger partial charge in [-0.3, -0.25) is 10.5 Å². The van der Waals surface area contributed by atoms with Gasteiger partial charge < -0.3 is 15.5 Å². The number of nitrogens with one attached hydrogen (secondary N) is 3. The van der Waals surface area contributed by atoms with Crippen LogP contribution in [0.3, 0.4) is 0 Å². The summed E-state index contributed by atoms with van der Waals surface area (Å²) in [6.45, 7) is -0.160. The first-order valence-corrected chi connectivity index (χ1v) is 4.95. The third-order valence-electron chi connectivity index (χ3n) is 2.15. The Morgan fingerprint density at radius 3 is 3.00 bits per heavy atom. The van der Waals surface area contributed by atoms with Crippen molar-refractivity contribution >= 4 is 22.8 Å². The van der Waals surface area contributed by atoms with Crippen LogP contribution in [0.1, 0.15) is 0 Å². The predicted molar refractivity (Wildman–Crippen MR) is 61.1 cm³/mol. The first-order valence-electron chi connectivity index (χ1n) is 4.95. The summed E-state index contributed by atoms with van der Waals surface area (Å²) in [6, 6.07) is 0. The minimum Gasteiger partial charge on any atom is -0.394 e. The summed E-state index contributed by atoms with van der Waals surface area (Å²) in [4.78, 5) is 8.13. The van der Waals surface area contributed by atoms with E-state index in [2.05, 4.69) is 30.9 Å². The summed E-state index contributed by atoms with van der Waals surface area (Å²) in [5.74, 6) is 5.94. The van der Waals surface area contributed by atoms with E-state index in [4.69, 9.17) is 10.9 Å². The summed E-state index contributed by atoms with van der Waals surface area (Å²) in [5, 5.41) is 28.0. The molecule has 0 bridgehead atoms. The predicted octanol–water partition coefficient (Wildman–Crippen LogP) is -1.60. The second kappa shape index (κ2) is 4.91. The van der Waals surface area contributed by atoms with Crippen molar-refractivity contribution in [2.24, 2.45) is 5.84 Å². The number of nitrogens with zero attached hydrogens (tertiary/aromatic N) is 3. The summed E-state index contributed by atoms with van der Waals surface area (Å²) in [5.41, 5.74) is 2.85. The molecule has 0 spiro atoms. The lowest BCUT2D eigenvalue weighted by atomic mass is 10.3. The van der Waals surface area contributed by atoms with Crippen LogP contribution < -0.4 is 16.6 Å². The Bertz CT molecular complexity index is 500. The molecule has 0 fully saturated rings. The molecule has 0 aliphatic heterocycles. The van der Waals surface area contributed by atoms with Gasteiger partial charge in [0.1, 0.15) is 5.82 Å². The van der Waals surface area contributed by atoms with Crippen LogP contribution in [-0.4, -0.2) is 49.6 Å². The molecule has 0 amide bonds. The molecule has 2 heterocycles. The SMILES string of the molecule is NNc1nc(NCC(O)CO)c2cn[nH]c2n1. The van der Waals surface area contributed by atoms with Gasteiger partial charge in [-0.25, -0.2) is 5.84 Å². The van der Waals surface area contributed by atoms with Gasteiger partial charge in [0.25, 0.3) is 0 Å². The first kappa shape index (κ1) is 11.5. The molecule has 0 aliphatic rings. The molecule has 0 aromatic carbocycles. The molecule has 0 radical (unpaired) electrons. The third kappa shape index (κ3) is 2.41. The molecule has 2 aromatic rings. The maximum absolute atomic E-state index is 9.25. The number of aromatic amines is 1. The van der Waals surface area contributed by atoms with E-state index in [0.717, 1.165) is 0 Å². The van der Waals surface area contributed by atoms with E-state index in [1.54, 1.807) is 6.20 Å². The molecule has 0 saturated carbocycles. The molecule has 0 aliphatic carbocycles. The average molecular weight is 239 g/mol. The Labute approximate surface area is 96.0 Å². The second-order valence-corrected chi connectivity index (χ2v) is 3.39. The number of anilines is 2. The van der Waals surface area contributed by atoms with Crippen molar-refractivity contribution in [1.29, 1.82) is 0 Å². The molecule has 9 heteroatoms. The largest absolute Gasteiger partial charge is 0.394 e. The van der Waals surface area contributed by atoms with E-state index >= 15 is 0 Å². The van der Waals surface area contributed by atoms with Crippen LogP contribution >= 0.6 is 0 Å². The molecule has 1 atom stereocenters. The van der Waals surface area contributed by atoms with Crippen molar-refractivity contribution in [3.8, 4) is 0 Å². The van der Waals surface area contributed by atoms with Crippen LogP contribution in [0.4, 0.5) is 11.8 Å². The van der Waals surface area contributed by atoms with Crippen LogP contribution in [0.2, 0.25) is 0 Å². The molecule has 2 rings (SSSR count). The van der Waals surface area contributed by atoms with E-state index in [1.165, 1.54) is 0 Å². The van der Waals surface area contributed by atoms with Crippen LogP contribution in [0, 0.1) is 0 Å². The smallest absolute Gasteiger partial charge is 0.241 e. The number of hydrogen-bond acceptors (Lipinski definition) is 8. The van der Waals surface area contributed by atoms with E-state index in [1.807, 2.05) is 0 Å². The number of rotatable bonds is 5. The van der Waals surface area contributed by atoms with Gasteiger partial charge in [0.15, 0.2) is 5.65 Å². The quantitative estimate of drug-likeness (QED) is 0.270. The van der Waals surface area contributed by atoms with E-state index in [-0.39, 0.29) is 19.1 Å². The number of hydrazine groups is 1. The Morgan fingerprint density at radius 1 is 1.47 bits per heavy atom. The number of hydrogen-bond donors (Lipinski definition) is 6. The summed E-state index contributed by atoms with van der Waals surface area (Å²) in [6.07, 6.45) is 0.699. The molecule has 7 N–H and O–H groups in total. The summed E-state index contributed by atoms with van der Waals surface area (Å²) in [7, 11) is 0. The van der Waals surface area contributed by atoms with Crippen molar-refractivity contribution in [2.45, 2.75) is 6.10 Å². The number of nitrogens with two attached hydrogens (primary N) is 1. The van der Waals surface area contributed by atoms with Gasteiger partial charge in [-0.1, -0.05) is 0 Å². The van der Waals surface area contributed by atoms with Crippen LogP contribution in [0.5, 0.6) is 0 Å². The lowest BCUT2D eigenvalue weighted by Gasteiger charge is -2.10. The Hall–Kier alpha value is -1.97. The zero-order chi connectivity index (χ0) is 12.3. The molecule has 92 valence electrons. The standard InChI is InChI=1S/C8H13N7O2/c9-14-8-12-6(10-1-4(17)3-16)5-2-11-15-7(5)13-8/h2,4,16-17H,1,3,9H2,(H3,10,11,12,13,14,15). The fraction of sp³-hybridized carbons (Fsp3) is 0.375. The summed E-state index contributed by atoms with van der Waals surface area (Å²) < 4.78 is 0. The van der Waals surface area contributed by atoms with Crippen LogP contribution in [0.15, 0.2) is 6.20 Å². The minimum absolute atomic E-state index is 0.164. The second-order valence-electron chi connectivity index (χ2n) is 3.39. The maximum Gasteiger partial charge on any atom is 0.241 e. The molecule has 2 aromatic heterocycles. The molecule has 0 saturated heterocycles. The van der Waals surface area contributed by atoms with Crippen LogP contribution in [0.25, 0.3) is 11.0 Å². The highest BCUT2D eigenvalue weighted by Crippen LogP contribution is 2.19. The summed E-state index contributed by atoms with van der Waals surface area (Å²) >= 11 is 0. The third-order valence-corrected chi connectivity index (χ3v) is 2.15. The van der Waals surface area contributed by atoms with Crippen LogP contribution in [-0.2, 0) is 0 Å². The fourth-order valence-corrected chi connectivity index (χ4v) is 1.31. The van der Waals surface area contributed by atoms with E-state index in [0.29, 0.717) is 16.9 Å². The van der Waals surface area contributed by atoms with Gasteiger partial charge in [-0.05, 0) is 0 Å². The minimum atomic E-state index is -0.860. The monoisotopic (exact) mass is 239 g/mol. The topological polar surface area (TPSA) is 145 Å². The molecule has 17 heavy (non-hydrogen) atoms. The Balaban J connectivity index is 2.27. The van der Waals surface area contributed by atoms with Crippen molar-refractivity contribution < 1.29 is 10.2 Å². The fourth-order valence-electron chi connectivity index (χ4n) is 1.31. The number of aliphatic hydroxyl groups is 2. The zero-order valence-electron chi connectivity index (χ0n) is 8.88. The van der Waals surface area contributed by atoms with Gasteiger partial charge >= 0.3 is 0 Å². The lowest BCUT2D eigenvalue weighted by Crippen LogP contribution is -2.23. The van der Waals surface area contributed by atoms with Gasteiger partial charge in [0, 0.05) is 6.54 Å².